The quantitative estimate of drug-likeness (QED) is 0.650. The van der Waals surface area contributed by atoms with Crippen molar-refractivity contribution in [2.75, 3.05) is 18.0 Å². The first kappa shape index (κ1) is 16.3. The molecule has 1 fully saturated rings. The third-order valence-corrected chi connectivity index (χ3v) is 5.39. The van der Waals surface area contributed by atoms with E-state index >= 15 is 0 Å². The Morgan fingerprint density at radius 3 is 2.85 bits per heavy atom. The maximum atomic E-state index is 6.46. The summed E-state index contributed by atoms with van der Waals surface area (Å²) >= 11 is 0. The molecule has 27 heavy (non-hydrogen) atoms. The molecule has 0 radical (unpaired) electrons. The summed E-state index contributed by atoms with van der Waals surface area (Å²) in [5.41, 5.74) is 2.22. The van der Waals surface area contributed by atoms with Crippen LogP contribution in [0.1, 0.15) is 36.5 Å². The van der Waals surface area contributed by atoms with Crippen molar-refractivity contribution in [1.82, 2.24) is 15.0 Å². The average molecular weight is 362 g/mol. The lowest BCUT2D eigenvalue weighted by molar-refractivity contribution is 0.104. The molecule has 5 rings (SSSR count). The minimum atomic E-state index is -0.246. The third-order valence-electron chi connectivity index (χ3n) is 5.39. The molecule has 2 aromatic heterocycles. The van der Waals surface area contributed by atoms with Gasteiger partial charge in [0.15, 0.2) is 17.2 Å². The zero-order chi connectivity index (χ0) is 18.4. The monoisotopic (exact) mass is 362 g/mol. The van der Waals surface area contributed by atoms with Gasteiger partial charge in [0, 0.05) is 32.0 Å². The Morgan fingerprint density at radius 1 is 1.04 bits per heavy atom. The van der Waals surface area contributed by atoms with Crippen molar-refractivity contribution in [1.29, 1.82) is 0 Å². The van der Waals surface area contributed by atoms with Crippen LogP contribution in [0, 0.1) is 13.8 Å². The zero-order valence-corrected chi connectivity index (χ0v) is 15.6. The molecule has 0 bridgehead atoms. The zero-order valence-electron chi connectivity index (χ0n) is 15.6. The summed E-state index contributed by atoms with van der Waals surface area (Å²) in [6.07, 6.45) is 7.34. The van der Waals surface area contributed by atoms with Gasteiger partial charge in [0.05, 0.1) is 0 Å². The molecule has 0 unspecified atom stereocenters. The summed E-state index contributed by atoms with van der Waals surface area (Å²) in [5.74, 6) is 3.16. The molecule has 3 aromatic rings. The molecule has 2 aliphatic heterocycles. The van der Waals surface area contributed by atoms with E-state index in [4.69, 9.17) is 9.15 Å². The minimum absolute atomic E-state index is 0.246. The van der Waals surface area contributed by atoms with Crippen molar-refractivity contribution in [2.45, 2.75) is 38.7 Å². The molecular weight excluding hydrogens is 340 g/mol. The number of anilines is 1. The molecule has 0 saturated carbocycles. The normalized spacial score (nSPS) is 21.9. The number of benzene rings is 1. The van der Waals surface area contributed by atoms with Crippen molar-refractivity contribution in [3.05, 3.63) is 47.6 Å². The van der Waals surface area contributed by atoms with Gasteiger partial charge in [-0.2, -0.15) is 4.98 Å². The van der Waals surface area contributed by atoms with E-state index in [1.807, 2.05) is 26.0 Å². The first-order valence-electron chi connectivity index (χ1n) is 9.46. The van der Waals surface area contributed by atoms with Crippen LogP contribution in [0.2, 0.25) is 0 Å². The van der Waals surface area contributed by atoms with Gasteiger partial charge in [-0.25, -0.2) is 9.97 Å². The molecule has 138 valence electrons. The van der Waals surface area contributed by atoms with E-state index in [0.717, 1.165) is 55.0 Å². The SMILES string of the molecule is Cc1nc(N2CCC[C@@]3(C=Cc4ccccc4O3)CC2)c2nc(C)oc2n1. The second kappa shape index (κ2) is 6.08. The van der Waals surface area contributed by atoms with E-state index in [1.54, 1.807) is 0 Å². The highest BCUT2D eigenvalue weighted by atomic mass is 16.5. The lowest BCUT2D eigenvalue weighted by Crippen LogP contribution is -2.37. The molecule has 0 aliphatic carbocycles. The van der Waals surface area contributed by atoms with Gasteiger partial charge < -0.3 is 14.1 Å². The lowest BCUT2D eigenvalue weighted by Gasteiger charge is -2.34. The predicted octanol–water partition coefficient (Wildman–Crippen LogP) is 4.07. The van der Waals surface area contributed by atoms with E-state index in [0.29, 0.717) is 17.4 Å². The summed E-state index contributed by atoms with van der Waals surface area (Å²) in [5, 5.41) is 0. The summed E-state index contributed by atoms with van der Waals surface area (Å²) in [7, 11) is 0. The van der Waals surface area contributed by atoms with Crippen molar-refractivity contribution < 1.29 is 9.15 Å². The van der Waals surface area contributed by atoms with Gasteiger partial charge in [-0.15, -0.1) is 0 Å². The number of para-hydroxylation sites is 1. The molecule has 1 saturated heterocycles. The number of aryl methyl sites for hydroxylation is 2. The molecule has 0 amide bonds. The number of hydrogen-bond acceptors (Lipinski definition) is 6. The molecule has 0 N–H and O–H groups in total. The van der Waals surface area contributed by atoms with Crippen molar-refractivity contribution in [3.63, 3.8) is 0 Å². The maximum absolute atomic E-state index is 6.46. The van der Waals surface area contributed by atoms with E-state index in [1.165, 1.54) is 0 Å². The number of ether oxygens (including phenoxy) is 1. The number of rotatable bonds is 1. The number of oxazole rings is 1. The van der Waals surface area contributed by atoms with Crippen LogP contribution in [0.5, 0.6) is 5.75 Å². The van der Waals surface area contributed by atoms with Gasteiger partial charge >= 0.3 is 0 Å². The fourth-order valence-corrected chi connectivity index (χ4v) is 4.05. The van der Waals surface area contributed by atoms with Crippen LogP contribution in [-0.4, -0.2) is 33.6 Å². The number of fused-ring (bicyclic) bond motifs is 2. The van der Waals surface area contributed by atoms with Crippen LogP contribution in [0.15, 0.2) is 34.8 Å². The van der Waals surface area contributed by atoms with E-state index in [-0.39, 0.29) is 5.60 Å². The van der Waals surface area contributed by atoms with E-state index in [9.17, 15) is 0 Å². The minimum Gasteiger partial charge on any atom is -0.483 e. The largest absolute Gasteiger partial charge is 0.483 e. The van der Waals surface area contributed by atoms with E-state index in [2.05, 4.69) is 44.1 Å². The first-order valence-corrected chi connectivity index (χ1v) is 9.46. The fraction of sp³-hybridized carbons (Fsp3) is 0.381. The Bertz CT molecular complexity index is 1040. The molecule has 1 spiro atoms. The average Bonchev–Trinajstić information content (AvgIpc) is 2.91. The third kappa shape index (κ3) is 2.85. The maximum Gasteiger partial charge on any atom is 0.252 e. The van der Waals surface area contributed by atoms with Gasteiger partial charge in [-0.3, -0.25) is 0 Å². The highest BCUT2D eigenvalue weighted by Gasteiger charge is 2.35. The van der Waals surface area contributed by atoms with Gasteiger partial charge in [-0.1, -0.05) is 24.3 Å². The van der Waals surface area contributed by atoms with Crippen LogP contribution in [-0.2, 0) is 0 Å². The molecule has 4 heterocycles. The Hall–Kier alpha value is -2.89. The standard InChI is InChI=1S/C21H22N4O2/c1-14-22-19(18-20(23-14)26-15(2)24-18)25-12-5-9-21(11-13-25)10-8-16-6-3-4-7-17(16)27-21/h3-4,6-8,10H,5,9,11-13H2,1-2H3/t21-/m1/s1. The van der Waals surface area contributed by atoms with Crippen LogP contribution in [0.3, 0.4) is 0 Å². The number of hydrogen-bond donors (Lipinski definition) is 0. The van der Waals surface area contributed by atoms with Crippen LogP contribution in [0.25, 0.3) is 17.3 Å². The molecular formula is C21H22N4O2. The summed E-state index contributed by atoms with van der Waals surface area (Å²) in [6.45, 7) is 5.50. The van der Waals surface area contributed by atoms with Gasteiger partial charge in [0.2, 0.25) is 0 Å². The topological polar surface area (TPSA) is 64.3 Å². The summed E-state index contributed by atoms with van der Waals surface area (Å²) < 4.78 is 12.1. The summed E-state index contributed by atoms with van der Waals surface area (Å²) in [6, 6.07) is 8.22. The van der Waals surface area contributed by atoms with Crippen molar-refractivity contribution in [3.8, 4) is 5.75 Å². The Kier molecular flexibility index (Phi) is 3.67. The number of aromatic nitrogens is 3. The second-order valence-electron chi connectivity index (χ2n) is 7.36. The predicted molar refractivity (Wildman–Crippen MR) is 104 cm³/mol. The Morgan fingerprint density at radius 2 is 1.93 bits per heavy atom. The van der Waals surface area contributed by atoms with Crippen LogP contribution < -0.4 is 9.64 Å². The van der Waals surface area contributed by atoms with Gasteiger partial charge in [0.1, 0.15) is 17.2 Å². The first-order chi connectivity index (χ1) is 13.1. The molecule has 6 nitrogen and oxygen atoms in total. The van der Waals surface area contributed by atoms with Crippen molar-refractivity contribution in [2.24, 2.45) is 0 Å². The smallest absolute Gasteiger partial charge is 0.252 e. The van der Waals surface area contributed by atoms with E-state index < -0.39 is 0 Å². The van der Waals surface area contributed by atoms with Gasteiger partial charge in [-0.05, 0) is 31.9 Å². The van der Waals surface area contributed by atoms with Gasteiger partial charge in [0.25, 0.3) is 5.71 Å². The highest BCUT2D eigenvalue weighted by molar-refractivity contribution is 5.82. The van der Waals surface area contributed by atoms with Crippen molar-refractivity contribution >= 4 is 23.1 Å². The highest BCUT2D eigenvalue weighted by Crippen LogP contribution is 2.38. The van der Waals surface area contributed by atoms with Crippen LogP contribution in [0.4, 0.5) is 5.82 Å². The summed E-state index contributed by atoms with van der Waals surface area (Å²) in [4.78, 5) is 15.9. The molecule has 1 aromatic carbocycles. The number of nitrogens with zero attached hydrogens (tertiary/aromatic N) is 4. The molecule has 6 heteroatoms. The molecule has 2 aliphatic rings. The van der Waals surface area contributed by atoms with Crippen LogP contribution >= 0.6 is 0 Å². The lowest BCUT2D eigenvalue weighted by atomic mass is 9.91. The molecule has 1 atom stereocenters. The Labute approximate surface area is 157 Å². The Balaban J connectivity index is 1.45. The fourth-order valence-electron chi connectivity index (χ4n) is 4.05. The second-order valence-corrected chi connectivity index (χ2v) is 7.36.